The lowest BCUT2D eigenvalue weighted by Gasteiger charge is -2.28. The summed E-state index contributed by atoms with van der Waals surface area (Å²) in [6, 6.07) is 6.14. The zero-order valence-corrected chi connectivity index (χ0v) is 13.7. The molecule has 1 heterocycles. The van der Waals surface area contributed by atoms with Crippen LogP contribution in [0.25, 0.3) is 0 Å². The minimum atomic E-state index is 0.168. The number of anilines is 1. The third-order valence-electron chi connectivity index (χ3n) is 3.43. The van der Waals surface area contributed by atoms with Crippen LogP contribution in [0.5, 0.6) is 0 Å². The topological polar surface area (TPSA) is 41.9 Å². The van der Waals surface area contributed by atoms with Gasteiger partial charge in [-0.3, -0.25) is 4.79 Å². The molecule has 2 rings (SSSR count). The van der Waals surface area contributed by atoms with Crippen LogP contribution in [0.1, 0.15) is 39.2 Å². The van der Waals surface area contributed by atoms with Crippen molar-refractivity contribution in [2.24, 2.45) is 5.16 Å². The average Bonchev–Trinajstić information content (AvgIpc) is 2.50. The van der Waals surface area contributed by atoms with Gasteiger partial charge < -0.3 is 9.74 Å². The first-order valence-corrected chi connectivity index (χ1v) is 8.40. The van der Waals surface area contributed by atoms with E-state index in [1.807, 2.05) is 30.9 Å². The van der Waals surface area contributed by atoms with Crippen molar-refractivity contribution in [1.82, 2.24) is 0 Å². The molecule has 0 saturated heterocycles. The molecule has 5 heteroatoms. The number of oxime groups is 1. The highest BCUT2D eigenvalue weighted by molar-refractivity contribution is 8.00. The van der Waals surface area contributed by atoms with Crippen LogP contribution in [0.3, 0.4) is 0 Å². The van der Waals surface area contributed by atoms with Gasteiger partial charge in [-0.25, -0.2) is 0 Å². The van der Waals surface area contributed by atoms with Gasteiger partial charge in [0.05, 0.1) is 17.2 Å². The van der Waals surface area contributed by atoms with Crippen LogP contribution in [0.4, 0.5) is 5.69 Å². The molecule has 0 N–H and O–H groups in total. The number of rotatable bonds is 6. The highest BCUT2D eigenvalue weighted by Gasteiger charge is 2.23. The Morgan fingerprint density at radius 1 is 1.43 bits per heavy atom. The van der Waals surface area contributed by atoms with Gasteiger partial charge in [0.15, 0.2) is 0 Å². The zero-order chi connectivity index (χ0) is 15.2. The molecule has 1 aromatic rings. The predicted octanol–water partition coefficient (Wildman–Crippen LogP) is 3.69. The second-order valence-electron chi connectivity index (χ2n) is 4.97. The number of hydrogen-bond acceptors (Lipinski definition) is 4. The third kappa shape index (κ3) is 3.79. The van der Waals surface area contributed by atoms with Gasteiger partial charge in [-0.05, 0) is 32.4 Å². The fraction of sp³-hybridized carbons (Fsp3) is 0.500. The van der Waals surface area contributed by atoms with Gasteiger partial charge in [-0.2, -0.15) is 0 Å². The Bertz CT molecular complexity index is 543. The van der Waals surface area contributed by atoms with E-state index in [0.717, 1.165) is 34.7 Å². The number of fused-ring (bicyclic) bond motifs is 1. The van der Waals surface area contributed by atoms with E-state index < -0.39 is 0 Å². The maximum absolute atomic E-state index is 12.0. The van der Waals surface area contributed by atoms with Crippen molar-refractivity contribution in [1.29, 1.82) is 0 Å². The van der Waals surface area contributed by atoms with Crippen LogP contribution in [0.2, 0.25) is 0 Å². The summed E-state index contributed by atoms with van der Waals surface area (Å²) in [5.41, 5.74) is 2.83. The van der Waals surface area contributed by atoms with Gasteiger partial charge in [0.2, 0.25) is 5.91 Å². The van der Waals surface area contributed by atoms with E-state index in [0.29, 0.717) is 18.9 Å². The molecule has 1 amide bonds. The lowest BCUT2D eigenvalue weighted by atomic mass is 10.1. The summed E-state index contributed by atoms with van der Waals surface area (Å²) >= 11 is 1.60. The molecule has 1 aromatic carbocycles. The number of hydrogen-bond donors (Lipinski definition) is 0. The molecule has 0 atom stereocenters. The normalized spacial score (nSPS) is 15.1. The summed E-state index contributed by atoms with van der Waals surface area (Å²) in [6.45, 7) is 7.39. The predicted molar refractivity (Wildman–Crippen MR) is 88.3 cm³/mol. The number of unbranched alkanes of at least 4 members (excludes halogenated alkanes) is 1. The minimum absolute atomic E-state index is 0.168. The number of benzene rings is 1. The highest BCUT2D eigenvalue weighted by Crippen LogP contribution is 2.35. The number of carbonyl (C=O) groups excluding carboxylic acids is 1. The van der Waals surface area contributed by atoms with E-state index in [9.17, 15) is 4.79 Å². The second-order valence-corrected chi connectivity index (χ2v) is 5.99. The summed E-state index contributed by atoms with van der Waals surface area (Å²) in [6.07, 6.45) is 2.11. The lowest BCUT2D eigenvalue weighted by molar-refractivity contribution is -0.116. The molecule has 0 aromatic heterocycles. The van der Waals surface area contributed by atoms with E-state index in [1.54, 1.807) is 11.8 Å². The number of carbonyl (C=O) groups is 1. The second kappa shape index (κ2) is 7.50. The quantitative estimate of drug-likeness (QED) is 0.457. The van der Waals surface area contributed by atoms with Crippen LogP contribution in [0.15, 0.2) is 28.3 Å². The van der Waals surface area contributed by atoms with Gasteiger partial charge >= 0.3 is 0 Å². The number of amides is 1. The molecule has 0 unspecified atom stereocenters. The first-order valence-electron chi connectivity index (χ1n) is 7.41. The number of thioether (sulfide) groups is 1. The van der Waals surface area contributed by atoms with Crippen LogP contribution in [-0.4, -0.2) is 30.5 Å². The van der Waals surface area contributed by atoms with Crippen LogP contribution >= 0.6 is 11.8 Å². The summed E-state index contributed by atoms with van der Waals surface area (Å²) in [5.74, 6) is 0.689. The standard InChI is InChI=1S/C16H22N2O2S/c1-4-6-9-20-17-12(3)13-7-8-15-14(10-13)18(5-2)16(19)11-21-15/h7-8,10H,4-6,9,11H2,1-3H3/b17-12+. The first-order chi connectivity index (χ1) is 10.2. The van der Waals surface area contributed by atoms with Crippen molar-refractivity contribution in [3.8, 4) is 0 Å². The molecule has 114 valence electrons. The van der Waals surface area contributed by atoms with Crippen LogP contribution in [0, 0.1) is 0 Å². The SMILES string of the molecule is CCCCO/N=C(\C)c1ccc2c(c1)N(CC)C(=O)CS2. The van der Waals surface area contributed by atoms with Crippen molar-refractivity contribution in [2.45, 2.75) is 38.5 Å². The molecule has 21 heavy (non-hydrogen) atoms. The van der Waals surface area contributed by atoms with Crippen molar-refractivity contribution >= 4 is 29.1 Å². The largest absolute Gasteiger partial charge is 0.396 e. The molecule has 0 spiro atoms. The van der Waals surface area contributed by atoms with E-state index in [-0.39, 0.29) is 5.91 Å². The lowest BCUT2D eigenvalue weighted by Crippen LogP contribution is -2.35. The summed E-state index contributed by atoms with van der Waals surface area (Å²) < 4.78 is 0. The molecular formula is C16H22N2O2S. The number of nitrogens with zero attached hydrogens (tertiary/aromatic N) is 2. The van der Waals surface area contributed by atoms with Gasteiger partial charge in [-0.1, -0.05) is 24.6 Å². The van der Waals surface area contributed by atoms with E-state index in [4.69, 9.17) is 4.84 Å². The molecule has 0 radical (unpaired) electrons. The molecule has 4 nitrogen and oxygen atoms in total. The van der Waals surface area contributed by atoms with Gasteiger partial charge in [0, 0.05) is 17.0 Å². The van der Waals surface area contributed by atoms with Gasteiger partial charge in [0.1, 0.15) is 6.61 Å². The fourth-order valence-electron chi connectivity index (χ4n) is 2.18. The van der Waals surface area contributed by atoms with Crippen LogP contribution in [-0.2, 0) is 9.63 Å². The highest BCUT2D eigenvalue weighted by atomic mass is 32.2. The molecule has 1 aliphatic heterocycles. The molecule has 0 saturated carbocycles. The van der Waals surface area contributed by atoms with Crippen molar-refractivity contribution < 1.29 is 9.63 Å². The Kier molecular flexibility index (Phi) is 5.67. The monoisotopic (exact) mass is 306 g/mol. The van der Waals surface area contributed by atoms with Crippen molar-refractivity contribution in [3.63, 3.8) is 0 Å². The maximum Gasteiger partial charge on any atom is 0.237 e. The summed E-state index contributed by atoms with van der Waals surface area (Å²) in [4.78, 5) is 20.3. The third-order valence-corrected chi connectivity index (χ3v) is 4.47. The van der Waals surface area contributed by atoms with E-state index >= 15 is 0 Å². The Hall–Kier alpha value is -1.49. The minimum Gasteiger partial charge on any atom is -0.396 e. The van der Waals surface area contributed by atoms with Crippen molar-refractivity contribution in [3.05, 3.63) is 23.8 Å². The van der Waals surface area contributed by atoms with Gasteiger partial charge in [-0.15, -0.1) is 11.8 Å². The van der Waals surface area contributed by atoms with E-state index in [1.165, 1.54) is 0 Å². The summed E-state index contributed by atoms with van der Waals surface area (Å²) in [5, 5.41) is 4.16. The molecule has 0 bridgehead atoms. The molecular weight excluding hydrogens is 284 g/mol. The zero-order valence-electron chi connectivity index (χ0n) is 12.9. The van der Waals surface area contributed by atoms with Crippen molar-refractivity contribution in [2.75, 3.05) is 23.8 Å². The van der Waals surface area contributed by atoms with Crippen LogP contribution < -0.4 is 4.90 Å². The fourth-order valence-corrected chi connectivity index (χ4v) is 3.09. The first kappa shape index (κ1) is 15.9. The molecule has 1 aliphatic rings. The maximum atomic E-state index is 12.0. The molecule has 0 aliphatic carbocycles. The Morgan fingerprint density at radius 3 is 2.95 bits per heavy atom. The van der Waals surface area contributed by atoms with E-state index in [2.05, 4.69) is 18.1 Å². The Labute approximate surface area is 130 Å². The molecule has 0 fully saturated rings. The smallest absolute Gasteiger partial charge is 0.237 e. The average molecular weight is 306 g/mol. The Morgan fingerprint density at radius 2 is 2.24 bits per heavy atom. The Balaban J connectivity index is 2.19. The van der Waals surface area contributed by atoms with Gasteiger partial charge in [0.25, 0.3) is 0 Å². The summed E-state index contributed by atoms with van der Waals surface area (Å²) in [7, 11) is 0.